The van der Waals surface area contributed by atoms with E-state index in [1.165, 1.54) is 0 Å². The van der Waals surface area contributed by atoms with Crippen molar-refractivity contribution in [3.8, 4) is 5.75 Å². The van der Waals surface area contributed by atoms with Crippen LogP contribution in [0.5, 0.6) is 5.75 Å². The number of nitrogens with zero attached hydrogens (tertiary/aromatic N) is 1. The van der Waals surface area contributed by atoms with Crippen LogP contribution in [0.25, 0.3) is 22.7 Å². The number of hydrogen-bond acceptors (Lipinski definition) is 2. The number of hydrogen-bond donors (Lipinski definition) is 2. The summed E-state index contributed by atoms with van der Waals surface area (Å²) in [5, 5.41) is 9.26. The minimum atomic E-state index is 0.276. The highest BCUT2D eigenvalue weighted by atomic mass is 16.3. The van der Waals surface area contributed by atoms with Gasteiger partial charge < -0.3 is 10.1 Å². The van der Waals surface area contributed by atoms with Gasteiger partial charge in [-0.1, -0.05) is 24.3 Å². The number of fused-ring (bicyclic) bond motifs is 1. The van der Waals surface area contributed by atoms with Crippen LogP contribution in [0.4, 0.5) is 0 Å². The predicted molar refractivity (Wildman–Crippen MR) is 77.7 cm³/mol. The zero-order chi connectivity index (χ0) is 13.2. The van der Waals surface area contributed by atoms with Gasteiger partial charge in [0, 0.05) is 0 Å². The Morgan fingerprint density at radius 2 is 1.84 bits per heavy atom. The number of phenols is 1. The molecule has 0 unspecified atom stereocenters. The molecule has 0 atom stereocenters. The summed E-state index contributed by atoms with van der Waals surface area (Å²) in [7, 11) is 0. The maximum Gasteiger partial charge on any atom is 0.134 e. The van der Waals surface area contributed by atoms with Gasteiger partial charge in [-0.2, -0.15) is 0 Å². The van der Waals surface area contributed by atoms with Crippen molar-refractivity contribution in [1.29, 1.82) is 0 Å². The summed E-state index contributed by atoms with van der Waals surface area (Å²) in [6.45, 7) is 2.02. The molecule has 3 heteroatoms. The standard InChI is InChI=1S/C16H14N2O/c1-11(10-12-6-8-13(19)9-7-12)16-17-14-4-2-3-5-15(14)18-16/h2-10,19H,1H3,(H,17,18)/b11-10+. The Labute approximate surface area is 111 Å². The molecule has 3 nitrogen and oxygen atoms in total. The Balaban J connectivity index is 1.98. The molecular formula is C16H14N2O. The molecule has 0 bridgehead atoms. The normalized spacial score (nSPS) is 11.9. The van der Waals surface area contributed by atoms with Gasteiger partial charge in [0.25, 0.3) is 0 Å². The average molecular weight is 250 g/mol. The van der Waals surface area contributed by atoms with Crippen molar-refractivity contribution in [2.45, 2.75) is 6.92 Å². The third-order valence-corrected chi connectivity index (χ3v) is 3.04. The zero-order valence-corrected chi connectivity index (χ0v) is 10.6. The molecule has 3 aromatic rings. The maximum absolute atomic E-state index is 9.26. The van der Waals surface area contributed by atoms with Crippen molar-refractivity contribution in [2.75, 3.05) is 0 Å². The number of para-hydroxylation sites is 2. The number of aromatic hydroxyl groups is 1. The number of nitrogens with one attached hydrogen (secondary N) is 1. The Hall–Kier alpha value is -2.55. The van der Waals surface area contributed by atoms with Crippen LogP contribution in [0.1, 0.15) is 18.3 Å². The van der Waals surface area contributed by atoms with Crippen molar-refractivity contribution in [3.63, 3.8) is 0 Å². The Morgan fingerprint density at radius 1 is 1.11 bits per heavy atom. The molecule has 0 fully saturated rings. The van der Waals surface area contributed by atoms with Crippen molar-refractivity contribution in [2.24, 2.45) is 0 Å². The molecule has 0 saturated heterocycles. The van der Waals surface area contributed by atoms with E-state index in [1.54, 1.807) is 12.1 Å². The average Bonchev–Trinajstić information content (AvgIpc) is 2.85. The lowest BCUT2D eigenvalue weighted by Crippen LogP contribution is -1.82. The first-order valence-corrected chi connectivity index (χ1v) is 6.15. The van der Waals surface area contributed by atoms with Crippen LogP contribution in [-0.4, -0.2) is 15.1 Å². The maximum atomic E-state index is 9.26. The molecular weight excluding hydrogens is 236 g/mol. The summed E-state index contributed by atoms with van der Waals surface area (Å²) < 4.78 is 0. The number of benzene rings is 2. The first-order valence-electron chi connectivity index (χ1n) is 6.15. The first-order chi connectivity index (χ1) is 9.22. The van der Waals surface area contributed by atoms with Crippen LogP contribution in [-0.2, 0) is 0 Å². The molecule has 94 valence electrons. The van der Waals surface area contributed by atoms with Gasteiger partial charge in [0.2, 0.25) is 0 Å². The first kappa shape index (κ1) is 11.5. The molecule has 1 heterocycles. The third kappa shape index (κ3) is 2.36. The van der Waals surface area contributed by atoms with E-state index in [0.29, 0.717) is 0 Å². The lowest BCUT2D eigenvalue weighted by atomic mass is 10.1. The molecule has 0 aliphatic heterocycles. The second kappa shape index (κ2) is 4.61. The van der Waals surface area contributed by atoms with Gasteiger partial charge in [-0.25, -0.2) is 4.98 Å². The van der Waals surface area contributed by atoms with Gasteiger partial charge in [-0.3, -0.25) is 0 Å². The fourth-order valence-electron chi connectivity index (χ4n) is 2.03. The molecule has 2 aromatic carbocycles. The Kier molecular flexibility index (Phi) is 2.80. The third-order valence-electron chi connectivity index (χ3n) is 3.04. The summed E-state index contributed by atoms with van der Waals surface area (Å²) in [6, 6.07) is 15.1. The van der Waals surface area contributed by atoms with E-state index in [-0.39, 0.29) is 5.75 Å². The van der Waals surface area contributed by atoms with E-state index in [0.717, 1.165) is 28.0 Å². The second-order valence-electron chi connectivity index (χ2n) is 4.52. The van der Waals surface area contributed by atoms with Gasteiger partial charge in [-0.05, 0) is 48.4 Å². The van der Waals surface area contributed by atoms with Crippen LogP contribution in [0.15, 0.2) is 48.5 Å². The SMILES string of the molecule is C/C(=C\c1ccc(O)cc1)c1nc2ccccc2[nH]1. The highest BCUT2D eigenvalue weighted by Crippen LogP contribution is 2.19. The Bertz CT molecular complexity index is 706. The number of aromatic nitrogens is 2. The van der Waals surface area contributed by atoms with Gasteiger partial charge in [0.05, 0.1) is 11.0 Å². The smallest absolute Gasteiger partial charge is 0.134 e. The lowest BCUT2D eigenvalue weighted by Gasteiger charge is -1.98. The molecule has 1 aromatic heterocycles. The number of phenolic OH excluding ortho intramolecular Hbond substituents is 1. The minimum absolute atomic E-state index is 0.276. The van der Waals surface area contributed by atoms with Crippen LogP contribution in [0.3, 0.4) is 0 Å². The number of allylic oxidation sites excluding steroid dienone is 1. The van der Waals surface area contributed by atoms with Gasteiger partial charge in [0.15, 0.2) is 0 Å². The summed E-state index contributed by atoms with van der Waals surface area (Å²) in [4.78, 5) is 7.85. The van der Waals surface area contributed by atoms with Crippen molar-refractivity contribution in [1.82, 2.24) is 9.97 Å². The van der Waals surface area contributed by atoms with Crippen molar-refractivity contribution in [3.05, 3.63) is 59.9 Å². The van der Waals surface area contributed by atoms with Crippen LogP contribution < -0.4 is 0 Å². The van der Waals surface area contributed by atoms with E-state index < -0.39 is 0 Å². The van der Waals surface area contributed by atoms with E-state index in [4.69, 9.17) is 0 Å². The molecule has 0 saturated carbocycles. The van der Waals surface area contributed by atoms with Crippen LogP contribution in [0.2, 0.25) is 0 Å². The van der Waals surface area contributed by atoms with E-state index in [1.807, 2.05) is 49.4 Å². The number of rotatable bonds is 2. The van der Waals surface area contributed by atoms with Gasteiger partial charge in [-0.15, -0.1) is 0 Å². The monoisotopic (exact) mass is 250 g/mol. The molecule has 0 aliphatic carbocycles. The molecule has 0 aliphatic rings. The molecule has 3 rings (SSSR count). The molecule has 2 N–H and O–H groups in total. The quantitative estimate of drug-likeness (QED) is 0.726. The Morgan fingerprint density at radius 3 is 2.58 bits per heavy atom. The molecule has 0 amide bonds. The zero-order valence-electron chi connectivity index (χ0n) is 10.6. The largest absolute Gasteiger partial charge is 0.508 e. The topological polar surface area (TPSA) is 48.9 Å². The summed E-state index contributed by atoms with van der Waals surface area (Å²) >= 11 is 0. The van der Waals surface area contributed by atoms with E-state index in [2.05, 4.69) is 9.97 Å². The molecule has 0 spiro atoms. The number of imidazole rings is 1. The summed E-state index contributed by atoms with van der Waals surface area (Å²) in [5.41, 5.74) is 4.10. The summed E-state index contributed by atoms with van der Waals surface area (Å²) in [5.74, 6) is 1.15. The fourth-order valence-corrected chi connectivity index (χ4v) is 2.03. The summed E-state index contributed by atoms with van der Waals surface area (Å²) in [6.07, 6.45) is 2.04. The molecule has 0 radical (unpaired) electrons. The second-order valence-corrected chi connectivity index (χ2v) is 4.52. The van der Waals surface area contributed by atoms with Gasteiger partial charge in [0.1, 0.15) is 11.6 Å². The molecule has 19 heavy (non-hydrogen) atoms. The fraction of sp³-hybridized carbons (Fsp3) is 0.0625. The van der Waals surface area contributed by atoms with Crippen molar-refractivity contribution >= 4 is 22.7 Å². The van der Waals surface area contributed by atoms with Crippen molar-refractivity contribution < 1.29 is 5.11 Å². The lowest BCUT2D eigenvalue weighted by molar-refractivity contribution is 0.475. The van der Waals surface area contributed by atoms with Gasteiger partial charge >= 0.3 is 0 Å². The van der Waals surface area contributed by atoms with Crippen LogP contribution >= 0.6 is 0 Å². The number of H-pyrrole nitrogens is 1. The highest BCUT2D eigenvalue weighted by Gasteiger charge is 2.03. The van der Waals surface area contributed by atoms with E-state index in [9.17, 15) is 5.11 Å². The minimum Gasteiger partial charge on any atom is -0.508 e. The highest BCUT2D eigenvalue weighted by molar-refractivity contribution is 5.83. The predicted octanol–water partition coefficient (Wildman–Crippen LogP) is 3.83. The van der Waals surface area contributed by atoms with Crippen LogP contribution in [0, 0.1) is 0 Å². The number of aromatic amines is 1. The van der Waals surface area contributed by atoms with E-state index >= 15 is 0 Å².